The molecule has 0 saturated carbocycles. The van der Waals surface area contributed by atoms with E-state index in [4.69, 9.17) is 11.6 Å². The molecule has 7 nitrogen and oxygen atoms in total. The van der Waals surface area contributed by atoms with Crippen molar-refractivity contribution >= 4 is 44.1 Å². The van der Waals surface area contributed by atoms with Crippen LogP contribution in [0.15, 0.2) is 47.4 Å². The average molecular weight is 424 g/mol. The molecule has 0 radical (unpaired) electrons. The molecule has 2 aromatic carbocycles. The van der Waals surface area contributed by atoms with Gasteiger partial charge in [0.05, 0.1) is 17.6 Å². The molecule has 0 aliphatic rings. The molecule has 140 valence electrons. The van der Waals surface area contributed by atoms with Crippen molar-refractivity contribution in [3.05, 3.63) is 58.6 Å². The Morgan fingerprint density at radius 3 is 2.52 bits per heavy atom. The maximum absolute atomic E-state index is 12.7. The van der Waals surface area contributed by atoms with Crippen molar-refractivity contribution in [2.24, 2.45) is 0 Å². The number of benzene rings is 2. The van der Waals surface area contributed by atoms with Crippen LogP contribution in [0.4, 0.5) is 5.13 Å². The van der Waals surface area contributed by atoms with Crippen LogP contribution in [0.1, 0.15) is 15.9 Å². The lowest BCUT2D eigenvalue weighted by atomic mass is 10.1. The zero-order valence-electron chi connectivity index (χ0n) is 14.3. The smallest absolute Gasteiger partial charge is 0.337 e. The molecule has 27 heavy (non-hydrogen) atoms. The maximum Gasteiger partial charge on any atom is 0.337 e. The minimum atomic E-state index is -3.95. The number of hydrogen-bond acceptors (Lipinski definition) is 7. The number of hydrogen-bond donors (Lipinski definition) is 1. The van der Waals surface area contributed by atoms with E-state index in [1.165, 1.54) is 19.2 Å². The number of nitrogens with zero attached hydrogens (tertiary/aromatic N) is 2. The van der Waals surface area contributed by atoms with Gasteiger partial charge in [-0.05, 0) is 36.8 Å². The van der Waals surface area contributed by atoms with E-state index in [1.54, 1.807) is 37.3 Å². The fourth-order valence-corrected chi connectivity index (χ4v) is 4.65. The maximum atomic E-state index is 12.7. The number of aryl methyl sites for hydroxylation is 1. The fourth-order valence-electron chi connectivity index (χ4n) is 2.28. The van der Waals surface area contributed by atoms with Gasteiger partial charge in [0.15, 0.2) is 0 Å². The van der Waals surface area contributed by atoms with Gasteiger partial charge in [0, 0.05) is 10.6 Å². The predicted octanol–water partition coefficient (Wildman–Crippen LogP) is 3.75. The highest BCUT2D eigenvalue weighted by atomic mass is 35.5. The van der Waals surface area contributed by atoms with Gasteiger partial charge in [-0.1, -0.05) is 41.1 Å². The first-order valence-corrected chi connectivity index (χ1v) is 10.3. The third kappa shape index (κ3) is 4.26. The monoisotopic (exact) mass is 423 g/mol. The SMILES string of the molecule is COC(=O)c1ccc(C)c(S(=O)(=O)Nc2nnc(-c3ccc(Cl)cc3)s2)c1. The van der Waals surface area contributed by atoms with Crippen molar-refractivity contribution in [3.8, 4) is 10.6 Å². The molecule has 0 unspecified atom stereocenters. The standard InChI is InChI=1S/C17H14ClN3O4S2/c1-10-3-4-12(16(22)25-2)9-14(10)27(23,24)21-17-20-19-15(26-17)11-5-7-13(18)8-6-11/h3-9H,1-2H3,(H,20,21). The van der Waals surface area contributed by atoms with E-state index in [9.17, 15) is 13.2 Å². The van der Waals surface area contributed by atoms with Gasteiger partial charge >= 0.3 is 5.97 Å². The van der Waals surface area contributed by atoms with Crippen molar-refractivity contribution in [1.82, 2.24) is 10.2 Å². The second-order valence-corrected chi connectivity index (χ2v) is 8.56. The Bertz CT molecular complexity index is 1100. The van der Waals surface area contributed by atoms with Crippen molar-refractivity contribution in [1.29, 1.82) is 0 Å². The molecule has 1 aromatic heterocycles. The highest BCUT2D eigenvalue weighted by Gasteiger charge is 2.21. The number of aromatic nitrogens is 2. The molecule has 0 bridgehead atoms. The van der Waals surface area contributed by atoms with Gasteiger partial charge in [-0.3, -0.25) is 4.72 Å². The van der Waals surface area contributed by atoms with Crippen LogP contribution in [0.5, 0.6) is 0 Å². The minimum Gasteiger partial charge on any atom is -0.465 e. The number of sulfonamides is 1. The normalized spacial score (nSPS) is 11.2. The summed E-state index contributed by atoms with van der Waals surface area (Å²) in [7, 11) is -2.72. The number of anilines is 1. The number of carbonyl (C=O) groups excluding carboxylic acids is 1. The lowest BCUT2D eigenvalue weighted by molar-refractivity contribution is 0.0600. The quantitative estimate of drug-likeness (QED) is 0.627. The van der Waals surface area contributed by atoms with Gasteiger partial charge in [-0.2, -0.15) is 0 Å². The molecule has 0 spiro atoms. The molecule has 3 rings (SSSR count). The summed E-state index contributed by atoms with van der Waals surface area (Å²) in [4.78, 5) is 11.6. The second kappa shape index (κ2) is 7.63. The highest BCUT2D eigenvalue weighted by molar-refractivity contribution is 7.93. The zero-order valence-corrected chi connectivity index (χ0v) is 16.7. The highest BCUT2D eigenvalue weighted by Crippen LogP contribution is 2.29. The Morgan fingerprint density at radius 1 is 1.15 bits per heavy atom. The molecule has 0 saturated heterocycles. The largest absolute Gasteiger partial charge is 0.465 e. The summed E-state index contributed by atoms with van der Waals surface area (Å²) in [6.07, 6.45) is 0. The lowest BCUT2D eigenvalue weighted by Gasteiger charge is -2.09. The van der Waals surface area contributed by atoms with Gasteiger partial charge < -0.3 is 4.74 Å². The summed E-state index contributed by atoms with van der Waals surface area (Å²) in [5, 5.41) is 9.13. The number of methoxy groups -OCH3 is 1. The van der Waals surface area contributed by atoms with Gasteiger partial charge in [0.2, 0.25) is 5.13 Å². The molecule has 1 N–H and O–H groups in total. The van der Waals surface area contributed by atoms with E-state index in [2.05, 4.69) is 19.7 Å². The van der Waals surface area contributed by atoms with E-state index in [0.717, 1.165) is 16.9 Å². The van der Waals surface area contributed by atoms with Gasteiger partial charge in [-0.25, -0.2) is 13.2 Å². The first kappa shape index (κ1) is 19.3. The number of halogens is 1. The second-order valence-electron chi connectivity index (χ2n) is 5.50. The molecule has 0 atom stereocenters. The summed E-state index contributed by atoms with van der Waals surface area (Å²) in [6, 6.07) is 11.3. The molecule has 1 heterocycles. The van der Waals surface area contributed by atoms with E-state index in [1.807, 2.05) is 0 Å². The van der Waals surface area contributed by atoms with Crippen molar-refractivity contribution in [3.63, 3.8) is 0 Å². The van der Waals surface area contributed by atoms with Crippen LogP contribution in [0, 0.1) is 6.92 Å². The number of nitrogens with one attached hydrogen (secondary N) is 1. The lowest BCUT2D eigenvalue weighted by Crippen LogP contribution is -2.15. The summed E-state index contributed by atoms with van der Waals surface area (Å²) in [5.74, 6) is -0.618. The van der Waals surface area contributed by atoms with Crippen LogP contribution in [-0.4, -0.2) is 31.7 Å². The van der Waals surface area contributed by atoms with Crippen LogP contribution in [0.2, 0.25) is 5.02 Å². The number of ether oxygens (including phenoxy) is 1. The number of rotatable bonds is 5. The van der Waals surface area contributed by atoms with E-state index in [0.29, 0.717) is 15.6 Å². The predicted molar refractivity (Wildman–Crippen MR) is 104 cm³/mol. The summed E-state index contributed by atoms with van der Waals surface area (Å²) < 4.78 is 32.5. The Morgan fingerprint density at radius 2 is 1.85 bits per heavy atom. The Kier molecular flexibility index (Phi) is 5.45. The Balaban J connectivity index is 1.89. The molecule has 0 amide bonds. The van der Waals surface area contributed by atoms with Crippen molar-refractivity contribution in [2.75, 3.05) is 11.8 Å². The molecule has 3 aromatic rings. The van der Waals surface area contributed by atoms with Gasteiger partial charge in [-0.15, -0.1) is 10.2 Å². The molecular weight excluding hydrogens is 410 g/mol. The molecule has 10 heteroatoms. The summed E-state index contributed by atoms with van der Waals surface area (Å²) >= 11 is 6.95. The van der Waals surface area contributed by atoms with Crippen LogP contribution in [0.3, 0.4) is 0 Å². The first-order chi connectivity index (χ1) is 12.8. The van der Waals surface area contributed by atoms with Crippen molar-refractivity contribution in [2.45, 2.75) is 11.8 Å². The van der Waals surface area contributed by atoms with E-state index >= 15 is 0 Å². The molecular formula is C17H14ClN3O4S2. The van der Waals surface area contributed by atoms with Crippen LogP contribution in [-0.2, 0) is 14.8 Å². The third-order valence-corrected chi connectivity index (χ3v) is 6.39. The Labute approximate surface area is 165 Å². The molecule has 0 aliphatic carbocycles. The zero-order chi connectivity index (χ0) is 19.6. The molecule has 0 fully saturated rings. The van der Waals surface area contributed by atoms with E-state index in [-0.39, 0.29) is 15.6 Å². The van der Waals surface area contributed by atoms with E-state index < -0.39 is 16.0 Å². The number of carbonyl (C=O) groups is 1. The van der Waals surface area contributed by atoms with Crippen LogP contribution < -0.4 is 4.72 Å². The van der Waals surface area contributed by atoms with Crippen molar-refractivity contribution < 1.29 is 17.9 Å². The first-order valence-electron chi connectivity index (χ1n) is 7.61. The average Bonchev–Trinajstić information content (AvgIpc) is 3.09. The third-order valence-electron chi connectivity index (χ3n) is 3.64. The van der Waals surface area contributed by atoms with Crippen LogP contribution in [0.25, 0.3) is 10.6 Å². The molecule has 0 aliphatic heterocycles. The topological polar surface area (TPSA) is 98.2 Å². The summed E-state index contributed by atoms with van der Waals surface area (Å²) in [6.45, 7) is 1.63. The fraction of sp³-hybridized carbons (Fsp3) is 0.118. The van der Waals surface area contributed by atoms with Gasteiger partial charge in [0.25, 0.3) is 10.0 Å². The van der Waals surface area contributed by atoms with Gasteiger partial charge in [0.1, 0.15) is 5.01 Å². The Hall–Kier alpha value is -2.49. The van der Waals surface area contributed by atoms with Crippen LogP contribution >= 0.6 is 22.9 Å². The number of esters is 1. The minimum absolute atomic E-state index is 0.0337. The summed E-state index contributed by atoms with van der Waals surface area (Å²) in [5.41, 5.74) is 1.39.